The normalized spacial score (nSPS) is 15.9. The molecule has 1 nitrogen and oxygen atoms in total. The van der Waals surface area contributed by atoms with Crippen molar-refractivity contribution in [3.63, 3.8) is 0 Å². The van der Waals surface area contributed by atoms with Crippen molar-refractivity contribution in [1.29, 1.82) is 0 Å². The second-order valence-corrected chi connectivity index (χ2v) is 5.58. The highest BCUT2D eigenvalue weighted by atomic mass is 79.9. The minimum atomic E-state index is 0.945. The van der Waals surface area contributed by atoms with Crippen molar-refractivity contribution >= 4 is 31.9 Å². The van der Waals surface area contributed by atoms with E-state index < -0.39 is 0 Å². The van der Waals surface area contributed by atoms with E-state index in [0.717, 1.165) is 16.9 Å². The fourth-order valence-corrected chi connectivity index (χ4v) is 2.21. The van der Waals surface area contributed by atoms with Gasteiger partial charge >= 0.3 is 0 Å². The van der Waals surface area contributed by atoms with Gasteiger partial charge in [0.15, 0.2) is 0 Å². The van der Waals surface area contributed by atoms with Gasteiger partial charge in [-0.1, -0.05) is 31.9 Å². The van der Waals surface area contributed by atoms with E-state index in [2.05, 4.69) is 55.4 Å². The van der Waals surface area contributed by atoms with Crippen LogP contribution in [0.1, 0.15) is 18.4 Å². The van der Waals surface area contributed by atoms with Crippen LogP contribution in [0.3, 0.4) is 0 Å². The Labute approximate surface area is 102 Å². The van der Waals surface area contributed by atoms with Gasteiger partial charge < -0.3 is 5.32 Å². The van der Waals surface area contributed by atoms with E-state index in [1.54, 1.807) is 0 Å². The number of halogens is 2. The zero-order valence-corrected chi connectivity index (χ0v) is 11.1. The Balaban J connectivity index is 1.89. The molecule has 0 heterocycles. The molecule has 0 saturated heterocycles. The van der Waals surface area contributed by atoms with Crippen molar-refractivity contribution in [3.05, 3.63) is 32.7 Å². The van der Waals surface area contributed by atoms with Crippen LogP contribution < -0.4 is 5.32 Å². The fourth-order valence-electron chi connectivity index (χ4n) is 1.41. The zero-order valence-electron chi connectivity index (χ0n) is 7.89. The molecule has 1 aliphatic carbocycles. The summed E-state index contributed by atoms with van der Waals surface area (Å²) in [5, 5.41) is 3.48. The van der Waals surface area contributed by atoms with Crippen LogP contribution in [0.5, 0.6) is 0 Å². The van der Waals surface area contributed by atoms with Crippen molar-refractivity contribution in [2.24, 2.45) is 5.92 Å². The number of rotatable bonds is 4. The highest BCUT2D eigenvalue weighted by molar-refractivity contribution is 9.11. The fraction of sp³-hybridized carbons (Fsp3) is 0.455. The minimum absolute atomic E-state index is 0.945. The Morgan fingerprint density at radius 1 is 1.29 bits per heavy atom. The van der Waals surface area contributed by atoms with Gasteiger partial charge in [-0.3, -0.25) is 0 Å². The van der Waals surface area contributed by atoms with Gasteiger partial charge in [-0.25, -0.2) is 0 Å². The van der Waals surface area contributed by atoms with Crippen molar-refractivity contribution in [2.75, 3.05) is 6.54 Å². The molecule has 0 amide bonds. The molecule has 1 aliphatic rings. The summed E-state index contributed by atoms with van der Waals surface area (Å²) in [7, 11) is 0. The molecule has 3 heteroatoms. The Bertz CT molecular complexity index is 321. The smallest absolute Gasteiger partial charge is 0.0221 e. The largest absolute Gasteiger partial charge is 0.312 e. The molecule has 0 aliphatic heterocycles. The van der Waals surface area contributed by atoms with E-state index >= 15 is 0 Å². The van der Waals surface area contributed by atoms with Gasteiger partial charge in [0.2, 0.25) is 0 Å². The first-order valence-electron chi connectivity index (χ1n) is 4.90. The average Bonchev–Trinajstić information content (AvgIpc) is 2.95. The Morgan fingerprint density at radius 2 is 2.07 bits per heavy atom. The molecule has 0 aromatic heterocycles. The van der Waals surface area contributed by atoms with E-state index in [1.807, 2.05) is 0 Å². The maximum atomic E-state index is 3.55. The van der Waals surface area contributed by atoms with E-state index in [4.69, 9.17) is 0 Å². The second-order valence-electron chi connectivity index (χ2n) is 3.81. The predicted octanol–water partition coefficient (Wildman–Crippen LogP) is 3.71. The molecule has 0 radical (unpaired) electrons. The number of benzene rings is 1. The lowest BCUT2D eigenvalue weighted by atomic mass is 10.2. The first-order valence-corrected chi connectivity index (χ1v) is 6.49. The zero-order chi connectivity index (χ0) is 9.97. The quantitative estimate of drug-likeness (QED) is 0.892. The van der Waals surface area contributed by atoms with Crippen molar-refractivity contribution in [1.82, 2.24) is 5.32 Å². The van der Waals surface area contributed by atoms with Gasteiger partial charge in [0.1, 0.15) is 0 Å². The SMILES string of the molecule is Brc1ccc(Br)c(CNCC2CC2)c1. The molecule has 1 aromatic rings. The molecule has 1 aromatic carbocycles. The summed E-state index contributed by atoms with van der Waals surface area (Å²) in [6.45, 7) is 2.12. The van der Waals surface area contributed by atoms with Crippen LogP contribution in [-0.4, -0.2) is 6.54 Å². The molecule has 1 saturated carbocycles. The molecule has 2 rings (SSSR count). The summed E-state index contributed by atoms with van der Waals surface area (Å²) in [6.07, 6.45) is 2.82. The molecular formula is C11H13Br2N. The van der Waals surface area contributed by atoms with E-state index in [1.165, 1.54) is 29.4 Å². The molecule has 0 bridgehead atoms. The molecule has 0 spiro atoms. The van der Waals surface area contributed by atoms with Crippen LogP contribution in [0, 0.1) is 5.92 Å². The first kappa shape index (κ1) is 10.7. The summed E-state index contributed by atoms with van der Waals surface area (Å²) < 4.78 is 2.33. The van der Waals surface area contributed by atoms with Crippen LogP contribution >= 0.6 is 31.9 Å². The van der Waals surface area contributed by atoms with Crippen LogP contribution in [0.4, 0.5) is 0 Å². The third kappa shape index (κ3) is 3.07. The third-order valence-electron chi connectivity index (χ3n) is 2.45. The minimum Gasteiger partial charge on any atom is -0.312 e. The summed E-state index contributed by atoms with van der Waals surface area (Å²) in [5.41, 5.74) is 1.32. The molecule has 0 unspecified atom stereocenters. The number of hydrogen-bond donors (Lipinski definition) is 1. The summed E-state index contributed by atoms with van der Waals surface area (Å²) in [6, 6.07) is 6.29. The van der Waals surface area contributed by atoms with Crippen molar-refractivity contribution in [2.45, 2.75) is 19.4 Å². The summed E-state index contributed by atoms with van der Waals surface area (Å²) >= 11 is 7.03. The van der Waals surface area contributed by atoms with Gasteiger partial charge in [0.25, 0.3) is 0 Å². The Morgan fingerprint density at radius 3 is 2.79 bits per heavy atom. The number of nitrogens with one attached hydrogen (secondary N) is 1. The van der Waals surface area contributed by atoms with Crippen LogP contribution in [-0.2, 0) is 6.54 Å². The summed E-state index contributed by atoms with van der Waals surface area (Å²) in [4.78, 5) is 0. The predicted molar refractivity (Wildman–Crippen MR) is 66.3 cm³/mol. The maximum Gasteiger partial charge on any atom is 0.0221 e. The van der Waals surface area contributed by atoms with Crippen molar-refractivity contribution in [3.8, 4) is 0 Å². The van der Waals surface area contributed by atoms with Gasteiger partial charge in [-0.2, -0.15) is 0 Å². The molecule has 1 fully saturated rings. The molecule has 76 valence electrons. The van der Waals surface area contributed by atoms with E-state index in [-0.39, 0.29) is 0 Å². The lowest BCUT2D eigenvalue weighted by molar-refractivity contribution is 0.637. The monoisotopic (exact) mass is 317 g/mol. The lowest BCUT2D eigenvalue weighted by Crippen LogP contribution is -2.16. The highest BCUT2D eigenvalue weighted by Gasteiger charge is 2.20. The highest BCUT2D eigenvalue weighted by Crippen LogP contribution is 2.28. The second kappa shape index (κ2) is 4.77. The van der Waals surface area contributed by atoms with Gasteiger partial charge in [-0.15, -0.1) is 0 Å². The third-order valence-corrected chi connectivity index (χ3v) is 3.72. The molecule has 14 heavy (non-hydrogen) atoms. The molecule has 0 atom stereocenters. The number of hydrogen-bond acceptors (Lipinski definition) is 1. The van der Waals surface area contributed by atoms with E-state index in [9.17, 15) is 0 Å². The standard InChI is InChI=1S/C11H13Br2N/c12-10-3-4-11(13)9(5-10)7-14-6-8-1-2-8/h3-5,8,14H,1-2,6-7H2. The van der Waals surface area contributed by atoms with Gasteiger partial charge in [0.05, 0.1) is 0 Å². The Hall–Kier alpha value is 0.140. The van der Waals surface area contributed by atoms with Gasteiger partial charge in [-0.05, 0) is 49.1 Å². The van der Waals surface area contributed by atoms with Crippen LogP contribution in [0.2, 0.25) is 0 Å². The van der Waals surface area contributed by atoms with Gasteiger partial charge in [0, 0.05) is 15.5 Å². The topological polar surface area (TPSA) is 12.0 Å². The van der Waals surface area contributed by atoms with Crippen LogP contribution in [0.25, 0.3) is 0 Å². The summed E-state index contributed by atoms with van der Waals surface area (Å²) in [5.74, 6) is 0.945. The van der Waals surface area contributed by atoms with Crippen LogP contribution in [0.15, 0.2) is 27.1 Å². The molecule has 1 N–H and O–H groups in total. The Kier molecular flexibility index (Phi) is 3.63. The maximum absolute atomic E-state index is 3.55. The van der Waals surface area contributed by atoms with E-state index in [0.29, 0.717) is 0 Å². The van der Waals surface area contributed by atoms with Crippen molar-refractivity contribution < 1.29 is 0 Å². The first-order chi connectivity index (χ1) is 6.75. The average molecular weight is 319 g/mol. The molecular weight excluding hydrogens is 306 g/mol. The lowest BCUT2D eigenvalue weighted by Gasteiger charge is -2.06.